The van der Waals surface area contributed by atoms with E-state index < -0.39 is 16.1 Å². The minimum absolute atomic E-state index is 0.129. The number of amides is 1. The monoisotopic (exact) mass is 450 g/mol. The van der Waals surface area contributed by atoms with Crippen molar-refractivity contribution in [3.8, 4) is 0 Å². The van der Waals surface area contributed by atoms with Gasteiger partial charge in [-0.05, 0) is 74.1 Å². The molecule has 0 radical (unpaired) electrons. The van der Waals surface area contributed by atoms with Crippen LogP contribution in [0, 0.1) is 20.8 Å². The van der Waals surface area contributed by atoms with Crippen LogP contribution < -0.4 is 10.0 Å². The summed E-state index contributed by atoms with van der Waals surface area (Å²) >= 11 is 0. The zero-order chi connectivity index (χ0) is 23.3. The first kappa shape index (κ1) is 23.7. The SMILES string of the molecule is Cc1cc(C)c([C@H](C)NC(=O)[C@H](Cc2ccccc2)NS(=O)(=O)c2ccccc2)cc1C. The summed E-state index contributed by atoms with van der Waals surface area (Å²) in [6.45, 7) is 8.03. The quantitative estimate of drug-likeness (QED) is 0.535. The molecule has 0 aliphatic heterocycles. The van der Waals surface area contributed by atoms with Crippen LogP contribution in [0.4, 0.5) is 0 Å². The number of rotatable bonds is 8. The largest absolute Gasteiger partial charge is 0.348 e. The maximum absolute atomic E-state index is 13.3. The lowest BCUT2D eigenvalue weighted by Crippen LogP contribution is -2.48. The second-order valence-electron chi connectivity index (χ2n) is 8.20. The molecule has 0 aromatic heterocycles. The third-order valence-electron chi connectivity index (χ3n) is 5.66. The van der Waals surface area contributed by atoms with Crippen molar-refractivity contribution in [3.05, 3.63) is 101 Å². The van der Waals surface area contributed by atoms with Crippen molar-refractivity contribution in [1.82, 2.24) is 10.0 Å². The van der Waals surface area contributed by atoms with Gasteiger partial charge in [0.2, 0.25) is 15.9 Å². The van der Waals surface area contributed by atoms with Gasteiger partial charge >= 0.3 is 0 Å². The number of benzene rings is 3. The van der Waals surface area contributed by atoms with Gasteiger partial charge in [-0.25, -0.2) is 8.42 Å². The summed E-state index contributed by atoms with van der Waals surface area (Å²) in [7, 11) is -3.86. The molecule has 1 amide bonds. The van der Waals surface area contributed by atoms with Crippen LogP contribution >= 0.6 is 0 Å². The molecular weight excluding hydrogens is 420 g/mol. The van der Waals surface area contributed by atoms with Crippen LogP contribution in [0.1, 0.15) is 40.8 Å². The Kier molecular flexibility index (Phi) is 7.48. The molecule has 3 aromatic carbocycles. The summed E-state index contributed by atoms with van der Waals surface area (Å²) < 4.78 is 28.5. The molecule has 0 bridgehead atoms. The maximum atomic E-state index is 13.3. The van der Waals surface area contributed by atoms with Crippen molar-refractivity contribution >= 4 is 15.9 Å². The lowest BCUT2D eigenvalue weighted by Gasteiger charge is -2.23. The molecule has 0 heterocycles. The predicted molar refractivity (Wildman–Crippen MR) is 128 cm³/mol. The fraction of sp³-hybridized carbons (Fsp3) is 0.269. The Hall–Kier alpha value is -2.96. The molecule has 32 heavy (non-hydrogen) atoms. The molecule has 168 valence electrons. The first-order chi connectivity index (χ1) is 15.2. The smallest absolute Gasteiger partial charge is 0.241 e. The maximum Gasteiger partial charge on any atom is 0.241 e. The third kappa shape index (κ3) is 5.84. The van der Waals surface area contributed by atoms with Crippen molar-refractivity contribution in [2.75, 3.05) is 0 Å². The highest BCUT2D eigenvalue weighted by Gasteiger charge is 2.27. The molecular formula is C26H30N2O3S. The van der Waals surface area contributed by atoms with E-state index in [1.54, 1.807) is 18.2 Å². The second-order valence-corrected chi connectivity index (χ2v) is 9.91. The summed E-state index contributed by atoms with van der Waals surface area (Å²) in [4.78, 5) is 13.4. The predicted octanol–water partition coefficient (Wildman–Crippen LogP) is 4.38. The molecule has 3 rings (SSSR count). The van der Waals surface area contributed by atoms with Crippen LogP contribution in [0.25, 0.3) is 0 Å². The Bertz CT molecular complexity index is 1180. The molecule has 0 fully saturated rings. The average Bonchev–Trinajstić information content (AvgIpc) is 2.77. The Labute approximate surface area is 190 Å². The van der Waals surface area contributed by atoms with E-state index in [2.05, 4.69) is 29.1 Å². The summed E-state index contributed by atoms with van der Waals surface area (Å²) in [6.07, 6.45) is 0.247. The molecule has 0 saturated heterocycles. The molecule has 6 heteroatoms. The third-order valence-corrected chi connectivity index (χ3v) is 7.15. The molecule has 0 saturated carbocycles. The number of carbonyl (C=O) groups is 1. The minimum Gasteiger partial charge on any atom is -0.348 e. The molecule has 5 nitrogen and oxygen atoms in total. The van der Waals surface area contributed by atoms with Gasteiger partial charge in [-0.15, -0.1) is 0 Å². The fourth-order valence-corrected chi connectivity index (χ4v) is 4.95. The average molecular weight is 451 g/mol. The first-order valence-electron chi connectivity index (χ1n) is 10.7. The van der Waals surface area contributed by atoms with Crippen molar-refractivity contribution in [1.29, 1.82) is 0 Å². The normalized spacial score (nSPS) is 13.4. The summed E-state index contributed by atoms with van der Waals surface area (Å²) in [5.74, 6) is -0.363. The summed E-state index contributed by atoms with van der Waals surface area (Å²) in [5.41, 5.74) is 5.33. The number of aryl methyl sites for hydroxylation is 3. The van der Waals surface area contributed by atoms with Gasteiger partial charge in [-0.3, -0.25) is 4.79 Å². The van der Waals surface area contributed by atoms with Gasteiger partial charge in [0.1, 0.15) is 6.04 Å². The van der Waals surface area contributed by atoms with Crippen LogP contribution in [0.2, 0.25) is 0 Å². The van der Waals surface area contributed by atoms with Crippen LogP contribution in [0.5, 0.6) is 0 Å². The van der Waals surface area contributed by atoms with E-state index in [-0.39, 0.29) is 23.3 Å². The second kappa shape index (κ2) is 10.1. The fourth-order valence-electron chi connectivity index (χ4n) is 3.73. The molecule has 0 unspecified atom stereocenters. The Morgan fingerprint density at radius 1 is 0.844 bits per heavy atom. The van der Waals surface area contributed by atoms with Crippen molar-refractivity contribution in [2.45, 2.75) is 51.1 Å². The van der Waals surface area contributed by atoms with E-state index >= 15 is 0 Å². The van der Waals surface area contributed by atoms with E-state index in [0.29, 0.717) is 0 Å². The molecule has 3 aromatic rings. The van der Waals surface area contributed by atoms with Crippen LogP contribution in [0.3, 0.4) is 0 Å². The highest BCUT2D eigenvalue weighted by atomic mass is 32.2. The van der Waals surface area contributed by atoms with Crippen LogP contribution in [-0.2, 0) is 21.2 Å². The van der Waals surface area contributed by atoms with Gasteiger partial charge in [0.05, 0.1) is 10.9 Å². The zero-order valence-corrected chi connectivity index (χ0v) is 19.7. The Balaban J connectivity index is 1.85. The lowest BCUT2D eigenvalue weighted by molar-refractivity contribution is -0.123. The Morgan fingerprint density at radius 2 is 1.41 bits per heavy atom. The topological polar surface area (TPSA) is 75.3 Å². The molecule has 2 N–H and O–H groups in total. The van der Waals surface area contributed by atoms with Crippen LogP contribution in [-0.4, -0.2) is 20.4 Å². The highest BCUT2D eigenvalue weighted by Crippen LogP contribution is 2.22. The van der Waals surface area contributed by atoms with Gasteiger partial charge in [0.25, 0.3) is 0 Å². The summed E-state index contributed by atoms with van der Waals surface area (Å²) in [5, 5.41) is 3.01. The molecule has 0 aliphatic rings. The number of sulfonamides is 1. The zero-order valence-electron chi connectivity index (χ0n) is 18.9. The number of hydrogen-bond acceptors (Lipinski definition) is 3. The van der Waals surface area contributed by atoms with E-state index in [1.165, 1.54) is 17.7 Å². The Morgan fingerprint density at radius 3 is 2.03 bits per heavy atom. The highest BCUT2D eigenvalue weighted by molar-refractivity contribution is 7.89. The van der Waals surface area contributed by atoms with E-state index in [9.17, 15) is 13.2 Å². The molecule has 0 aliphatic carbocycles. The first-order valence-corrected chi connectivity index (χ1v) is 12.1. The van der Waals surface area contributed by atoms with Gasteiger partial charge in [0, 0.05) is 0 Å². The van der Waals surface area contributed by atoms with Gasteiger partial charge < -0.3 is 5.32 Å². The minimum atomic E-state index is -3.86. The number of nitrogens with one attached hydrogen (secondary N) is 2. The van der Waals surface area contributed by atoms with E-state index in [0.717, 1.165) is 22.3 Å². The van der Waals surface area contributed by atoms with Gasteiger partial charge in [0.15, 0.2) is 0 Å². The van der Waals surface area contributed by atoms with Crippen molar-refractivity contribution < 1.29 is 13.2 Å². The standard InChI is InChI=1S/C26H30N2O3S/c1-18-15-20(3)24(16-19(18)2)21(4)27-26(29)25(17-22-11-7-5-8-12-22)28-32(30,31)23-13-9-6-10-14-23/h5-16,21,25,28H,17H2,1-4H3,(H,27,29)/t21-,25-/m0/s1. The number of carbonyl (C=O) groups excluding carboxylic acids is 1. The van der Waals surface area contributed by atoms with Crippen molar-refractivity contribution in [2.24, 2.45) is 0 Å². The van der Waals surface area contributed by atoms with Gasteiger partial charge in [-0.1, -0.05) is 60.7 Å². The van der Waals surface area contributed by atoms with Gasteiger partial charge in [-0.2, -0.15) is 4.72 Å². The summed E-state index contributed by atoms with van der Waals surface area (Å²) in [6, 6.07) is 20.5. The van der Waals surface area contributed by atoms with Crippen molar-refractivity contribution in [3.63, 3.8) is 0 Å². The van der Waals surface area contributed by atoms with E-state index in [4.69, 9.17) is 0 Å². The lowest BCUT2D eigenvalue weighted by atomic mass is 9.96. The van der Waals surface area contributed by atoms with Crippen LogP contribution in [0.15, 0.2) is 77.7 Å². The number of hydrogen-bond donors (Lipinski definition) is 2. The molecule has 2 atom stereocenters. The van der Waals surface area contributed by atoms with E-state index in [1.807, 2.05) is 51.1 Å². The molecule has 0 spiro atoms.